The Balaban J connectivity index is 1.65. The van der Waals surface area contributed by atoms with Crippen molar-refractivity contribution in [2.75, 3.05) is 16.8 Å². The molecule has 1 amide bonds. The van der Waals surface area contributed by atoms with Crippen LogP contribution in [0.15, 0.2) is 36.5 Å². The van der Waals surface area contributed by atoms with Crippen LogP contribution in [0, 0.1) is 13.8 Å². The van der Waals surface area contributed by atoms with Gasteiger partial charge in [0.25, 0.3) is 5.91 Å². The van der Waals surface area contributed by atoms with E-state index in [9.17, 15) is 13.2 Å². The van der Waals surface area contributed by atoms with Crippen LogP contribution in [0.4, 0.5) is 11.4 Å². The summed E-state index contributed by atoms with van der Waals surface area (Å²) in [5, 5.41) is 6.03. The molecule has 1 aromatic carbocycles. The lowest BCUT2D eigenvalue weighted by molar-refractivity contribution is 0.0936. The van der Waals surface area contributed by atoms with Gasteiger partial charge in [0.15, 0.2) is 9.84 Å². The van der Waals surface area contributed by atoms with E-state index in [1.807, 2.05) is 19.9 Å². The van der Waals surface area contributed by atoms with E-state index in [0.29, 0.717) is 6.42 Å². The Bertz CT molecular complexity index is 892. The topological polar surface area (TPSA) is 88.2 Å². The quantitative estimate of drug-likeness (QED) is 0.875. The Morgan fingerprint density at radius 3 is 2.64 bits per heavy atom. The number of benzene rings is 1. The number of aryl methyl sites for hydroxylation is 2. The van der Waals surface area contributed by atoms with Crippen molar-refractivity contribution in [1.29, 1.82) is 0 Å². The number of amides is 1. The third-order valence-electron chi connectivity index (χ3n) is 4.24. The minimum absolute atomic E-state index is 0.00497. The fraction of sp³-hybridized carbons (Fsp3) is 0.333. The summed E-state index contributed by atoms with van der Waals surface area (Å²) in [6, 6.07) is 9.24. The average Bonchev–Trinajstić information content (AvgIpc) is 2.90. The number of aromatic nitrogens is 1. The molecular formula is C18H21N3O3S. The van der Waals surface area contributed by atoms with Crippen molar-refractivity contribution in [3.05, 3.63) is 53.3 Å². The Labute approximate surface area is 147 Å². The Kier molecular flexibility index (Phi) is 4.76. The van der Waals surface area contributed by atoms with Gasteiger partial charge in [-0.2, -0.15) is 0 Å². The molecule has 6 nitrogen and oxygen atoms in total. The number of carbonyl (C=O) groups excluding carboxylic acids is 1. The van der Waals surface area contributed by atoms with Gasteiger partial charge >= 0.3 is 0 Å². The maximum Gasteiger partial charge on any atom is 0.270 e. The Morgan fingerprint density at radius 2 is 2.00 bits per heavy atom. The molecule has 1 atom stereocenters. The predicted molar refractivity (Wildman–Crippen MR) is 98.0 cm³/mol. The molecule has 1 saturated heterocycles. The van der Waals surface area contributed by atoms with E-state index >= 15 is 0 Å². The van der Waals surface area contributed by atoms with Crippen LogP contribution in [0.25, 0.3) is 0 Å². The van der Waals surface area contributed by atoms with Crippen LogP contribution in [0.1, 0.15) is 28.0 Å². The molecule has 3 rings (SSSR count). The molecule has 0 saturated carbocycles. The molecule has 1 aromatic heterocycles. The van der Waals surface area contributed by atoms with Crippen molar-refractivity contribution in [2.24, 2.45) is 0 Å². The Morgan fingerprint density at radius 1 is 1.20 bits per heavy atom. The first-order valence-electron chi connectivity index (χ1n) is 8.14. The molecule has 25 heavy (non-hydrogen) atoms. The zero-order chi connectivity index (χ0) is 18.0. The molecule has 0 aliphatic carbocycles. The lowest BCUT2D eigenvalue weighted by Gasteiger charge is -2.12. The largest absolute Gasteiger partial charge is 0.354 e. The van der Waals surface area contributed by atoms with Crippen molar-refractivity contribution in [3.63, 3.8) is 0 Å². The average molecular weight is 359 g/mol. The van der Waals surface area contributed by atoms with Gasteiger partial charge < -0.3 is 10.6 Å². The first-order valence-corrected chi connectivity index (χ1v) is 9.96. The minimum atomic E-state index is -3.02. The van der Waals surface area contributed by atoms with Gasteiger partial charge in [0.2, 0.25) is 0 Å². The molecule has 2 N–H and O–H groups in total. The molecule has 132 valence electrons. The summed E-state index contributed by atoms with van der Waals surface area (Å²) in [6.07, 6.45) is 2.06. The first kappa shape index (κ1) is 17.4. The summed E-state index contributed by atoms with van der Waals surface area (Å²) < 4.78 is 22.9. The zero-order valence-electron chi connectivity index (χ0n) is 14.2. The molecule has 0 bridgehead atoms. The van der Waals surface area contributed by atoms with Crippen LogP contribution < -0.4 is 10.6 Å². The van der Waals surface area contributed by atoms with E-state index in [1.165, 1.54) is 0 Å². The normalized spacial score (nSPS) is 18.7. The van der Waals surface area contributed by atoms with Crippen LogP contribution in [0.3, 0.4) is 0 Å². The second kappa shape index (κ2) is 6.84. The zero-order valence-corrected chi connectivity index (χ0v) is 15.1. The number of anilines is 2. The van der Waals surface area contributed by atoms with Gasteiger partial charge in [0.05, 0.1) is 23.4 Å². The number of hydrogen-bond acceptors (Lipinski definition) is 5. The molecule has 0 spiro atoms. The summed E-state index contributed by atoms with van der Waals surface area (Å²) in [5.74, 6) is -0.213. The highest BCUT2D eigenvalue weighted by Gasteiger charge is 2.29. The molecule has 7 heteroatoms. The van der Waals surface area contributed by atoms with Gasteiger partial charge in [-0.15, -0.1) is 0 Å². The molecule has 1 unspecified atom stereocenters. The number of pyridine rings is 1. The SMILES string of the molecule is Cc1ccc(C)c(Nc2ccc(C(=O)NC3CCS(=O)(=O)C3)nc2)c1. The van der Waals surface area contributed by atoms with E-state index in [2.05, 4.69) is 27.8 Å². The molecule has 1 fully saturated rings. The van der Waals surface area contributed by atoms with Crippen molar-refractivity contribution in [2.45, 2.75) is 26.3 Å². The van der Waals surface area contributed by atoms with Crippen molar-refractivity contribution >= 4 is 27.1 Å². The molecule has 2 heterocycles. The summed E-state index contributed by atoms with van der Waals surface area (Å²) >= 11 is 0. The third-order valence-corrected chi connectivity index (χ3v) is 6.00. The van der Waals surface area contributed by atoms with Gasteiger partial charge in [0, 0.05) is 11.7 Å². The van der Waals surface area contributed by atoms with Crippen LogP contribution in [0.5, 0.6) is 0 Å². The highest BCUT2D eigenvalue weighted by molar-refractivity contribution is 7.91. The molecule has 1 aliphatic heterocycles. The van der Waals surface area contributed by atoms with Crippen LogP contribution in [0.2, 0.25) is 0 Å². The highest BCUT2D eigenvalue weighted by atomic mass is 32.2. The lowest BCUT2D eigenvalue weighted by atomic mass is 10.1. The van der Waals surface area contributed by atoms with Crippen LogP contribution >= 0.6 is 0 Å². The van der Waals surface area contributed by atoms with E-state index in [-0.39, 0.29) is 29.1 Å². The van der Waals surface area contributed by atoms with Gasteiger partial charge in [-0.1, -0.05) is 12.1 Å². The van der Waals surface area contributed by atoms with E-state index in [4.69, 9.17) is 0 Å². The van der Waals surface area contributed by atoms with Crippen molar-refractivity contribution in [1.82, 2.24) is 10.3 Å². The fourth-order valence-corrected chi connectivity index (χ4v) is 4.47. The molecule has 2 aromatic rings. The first-order chi connectivity index (χ1) is 11.8. The van der Waals surface area contributed by atoms with Gasteiger partial charge in [0.1, 0.15) is 5.69 Å². The summed E-state index contributed by atoms with van der Waals surface area (Å²) in [6.45, 7) is 4.05. The maximum atomic E-state index is 12.2. The Hall–Kier alpha value is -2.41. The van der Waals surface area contributed by atoms with Crippen molar-refractivity contribution in [3.8, 4) is 0 Å². The number of nitrogens with zero attached hydrogens (tertiary/aromatic N) is 1. The second-order valence-corrected chi connectivity index (χ2v) is 8.68. The lowest BCUT2D eigenvalue weighted by Crippen LogP contribution is -2.36. The maximum absolute atomic E-state index is 12.2. The number of hydrogen-bond donors (Lipinski definition) is 2. The minimum Gasteiger partial charge on any atom is -0.354 e. The number of nitrogens with one attached hydrogen (secondary N) is 2. The summed E-state index contributed by atoms with van der Waals surface area (Å²) in [4.78, 5) is 16.4. The summed E-state index contributed by atoms with van der Waals surface area (Å²) in [5.41, 5.74) is 4.33. The van der Waals surface area contributed by atoms with E-state index < -0.39 is 9.84 Å². The van der Waals surface area contributed by atoms with Gasteiger partial charge in [-0.25, -0.2) is 13.4 Å². The van der Waals surface area contributed by atoms with E-state index in [0.717, 1.165) is 22.5 Å². The predicted octanol–water partition coefficient (Wildman–Crippen LogP) is 2.36. The number of carbonyl (C=O) groups is 1. The van der Waals surface area contributed by atoms with Crippen molar-refractivity contribution < 1.29 is 13.2 Å². The van der Waals surface area contributed by atoms with Gasteiger partial charge in [-0.3, -0.25) is 4.79 Å². The fourth-order valence-electron chi connectivity index (χ4n) is 2.80. The van der Waals surface area contributed by atoms with E-state index in [1.54, 1.807) is 18.3 Å². The second-order valence-electron chi connectivity index (χ2n) is 6.45. The number of rotatable bonds is 4. The van der Waals surface area contributed by atoms with Crippen LogP contribution in [-0.2, 0) is 9.84 Å². The molecule has 1 aliphatic rings. The summed E-state index contributed by atoms with van der Waals surface area (Å²) in [7, 11) is -3.02. The standard InChI is InChI=1S/C18H21N3O3S/c1-12-3-4-13(2)17(9-12)20-14-5-6-16(19-10-14)18(22)21-15-7-8-25(23,24)11-15/h3-6,9-10,15,20H,7-8,11H2,1-2H3,(H,21,22). The highest BCUT2D eigenvalue weighted by Crippen LogP contribution is 2.21. The van der Waals surface area contributed by atoms with Gasteiger partial charge in [-0.05, 0) is 49.6 Å². The molecule has 0 radical (unpaired) electrons. The smallest absolute Gasteiger partial charge is 0.270 e. The monoisotopic (exact) mass is 359 g/mol. The van der Waals surface area contributed by atoms with Crippen LogP contribution in [-0.4, -0.2) is 36.9 Å². The third kappa shape index (κ3) is 4.36. The molecular weight excluding hydrogens is 338 g/mol. The number of sulfone groups is 1.